The molecule has 2 nitrogen and oxygen atoms in total. The molecule has 100 valence electrons. The second-order valence-corrected chi connectivity index (χ2v) is 5.47. The summed E-state index contributed by atoms with van der Waals surface area (Å²) in [6.07, 6.45) is 2.45. The first-order valence-corrected chi connectivity index (χ1v) is 6.94. The van der Waals surface area contributed by atoms with Crippen molar-refractivity contribution in [1.82, 2.24) is 4.98 Å². The molecule has 19 heavy (non-hydrogen) atoms. The predicted octanol–water partition coefficient (Wildman–Crippen LogP) is 3.97. The summed E-state index contributed by atoms with van der Waals surface area (Å²) in [7, 11) is 1.98. The molecule has 0 unspecified atom stereocenters. The zero-order chi connectivity index (χ0) is 13.8. The molecule has 2 aromatic rings. The lowest BCUT2D eigenvalue weighted by Crippen LogP contribution is -2.22. The number of benzene rings is 1. The van der Waals surface area contributed by atoms with Crippen molar-refractivity contribution in [2.24, 2.45) is 0 Å². The maximum absolute atomic E-state index is 13.5. The summed E-state index contributed by atoms with van der Waals surface area (Å²) < 4.78 is 14.5. The van der Waals surface area contributed by atoms with Crippen LogP contribution in [0.1, 0.15) is 11.1 Å². The van der Waals surface area contributed by atoms with Crippen LogP contribution in [0.2, 0.25) is 0 Å². The van der Waals surface area contributed by atoms with E-state index in [1.807, 2.05) is 37.1 Å². The Hall–Kier alpha value is -1.42. The molecule has 0 spiro atoms. The van der Waals surface area contributed by atoms with Crippen LogP contribution in [0.25, 0.3) is 0 Å². The van der Waals surface area contributed by atoms with E-state index in [1.165, 1.54) is 6.07 Å². The molecule has 1 aromatic heterocycles. The number of aromatic nitrogens is 1. The second kappa shape index (κ2) is 6.15. The standard InChI is InChI=1S/C15H16BrFN2/c1-11-9-13(16)10-18-15(11)19(2)8-7-12-5-3-4-6-14(12)17/h3-6,9-10H,7-8H2,1-2H3. The third kappa shape index (κ3) is 3.53. The van der Waals surface area contributed by atoms with Crippen LogP contribution in [0.15, 0.2) is 41.0 Å². The van der Waals surface area contributed by atoms with Crippen LogP contribution in [-0.2, 0) is 6.42 Å². The van der Waals surface area contributed by atoms with Crippen molar-refractivity contribution in [2.75, 3.05) is 18.5 Å². The van der Waals surface area contributed by atoms with Gasteiger partial charge in [0.15, 0.2) is 0 Å². The van der Waals surface area contributed by atoms with Gasteiger partial charge in [-0.05, 0) is 52.5 Å². The van der Waals surface area contributed by atoms with Gasteiger partial charge in [-0.15, -0.1) is 0 Å². The van der Waals surface area contributed by atoms with Crippen LogP contribution in [-0.4, -0.2) is 18.6 Å². The Labute approximate surface area is 121 Å². The lowest BCUT2D eigenvalue weighted by Gasteiger charge is -2.20. The third-order valence-electron chi connectivity index (χ3n) is 3.05. The number of rotatable bonds is 4. The lowest BCUT2D eigenvalue weighted by molar-refractivity contribution is 0.608. The summed E-state index contributed by atoms with van der Waals surface area (Å²) in [6.45, 7) is 2.75. The Morgan fingerprint density at radius 1 is 1.32 bits per heavy atom. The highest BCUT2D eigenvalue weighted by Gasteiger charge is 2.08. The molecule has 0 saturated heterocycles. The van der Waals surface area contributed by atoms with E-state index >= 15 is 0 Å². The van der Waals surface area contributed by atoms with E-state index in [0.717, 1.165) is 28.0 Å². The van der Waals surface area contributed by atoms with E-state index in [2.05, 4.69) is 20.9 Å². The topological polar surface area (TPSA) is 16.1 Å². The Balaban J connectivity index is 2.05. The normalized spacial score (nSPS) is 10.5. The minimum atomic E-state index is -0.142. The molecule has 0 radical (unpaired) electrons. The van der Waals surface area contributed by atoms with Gasteiger partial charge >= 0.3 is 0 Å². The first kappa shape index (κ1) is 14.0. The SMILES string of the molecule is Cc1cc(Br)cnc1N(C)CCc1ccccc1F. The molecular weight excluding hydrogens is 307 g/mol. The van der Waals surface area contributed by atoms with E-state index < -0.39 is 0 Å². The fraction of sp³-hybridized carbons (Fsp3) is 0.267. The molecular formula is C15H16BrFN2. The average molecular weight is 323 g/mol. The van der Waals surface area contributed by atoms with Gasteiger partial charge in [0.2, 0.25) is 0 Å². The zero-order valence-corrected chi connectivity index (χ0v) is 12.6. The summed E-state index contributed by atoms with van der Waals surface area (Å²) in [4.78, 5) is 6.45. The lowest BCUT2D eigenvalue weighted by atomic mass is 10.1. The Kier molecular flexibility index (Phi) is 4.53. The predicted molar refractivity (Wildman–Crippen MR) is 80.0 cm³/mol. The van der Waals surface area contributed by atoms with Gasteiger partial charge in [-0.3, -0.25) is 0 Å². The molecule has 0 N–H and O–H groups in total. The number of hydrogen-bond donors (Lipinski definition) is 0. The Bertz CT molecular complexity index is 572. The summed E-state index contributed by atoms with van der Waals surface area (Å²) >= 11 is 3.40. The van der Waals surface area contributed by atoms with Gasteiger partial charge in [-0.1, -0.05) is 18.2 Å². The van der Waals surface area contributed by atoms with E-state index in [-0.39, 0.29) is 5.82 Å². The van der Waals surface area contributed by atoms with Gasteiger partial charge in [0.25, 0.3) is 0 Å². The van der Waals surface area contributed by atoms with Crippen LogP contribution in [0.4, 0.5) is 10.2 Å². The van der Waals surface area contributed by atoms with Gasteiger partial charge in [0.05, 0.1) is 0 Å². The minimum absolute atomic E-state index is 0.142. The Morgan fingerprint density at radius 3 is 2.74 bits per heavy atom. The highest BCUT2D eigenvalue weighted by atomic mass is 79.9. The number of nitrogens with zero attached hydrogens (tertiary/aromatic N) is 2. The molecule has 0 saturated carbocycles. The smallest absolute Gasteiger partial charge is 0.131 e. The van der Waals surface area contributed by atoms with Gasteiger partial charge in [-0.25, -0.2) is 9.37 Å². The van der Waals surface area contributed by atoms with Crippen molar-refractivity contribution in [1.29, 1.82) is 0 Å². The van der Waals surface area contributed by atoms with E-state index in [4.69, 9.17) is 0 Å². The maximum Gasteiger partial charge on any atom is 0.131 e. The molecule has 0 fully saturated rings. The van der Waals surface area contributed by atoms with Crippen LogP contribution in [0, 0.1) is 12.7 Å². The first-order chi connectivity index (χ1) is 9.08. The van der Waals surface area contributed by atoms with Crippen molar-refractivity contribution in [2.45, 2.75) is 13.3 Å². The minimum Gasteiger partial charge on any atom is -0.359 e. The van der Waals surface area contributed by atoms with Crippen molar-refractivity contribution < 1.29 is 4.39 Å². The molecule has 0 aliphatic carbocycles. The highest BCUT2D eigenvalue weighted by molar-refractivity contribution is 9.10. The molecule has 1 aromatic carbocycles. The summed E-state index contributed by atoms with van der Waals surface area (Å²) in [6, 6.07) is 8.93. The van der Waals surface area contributed by atoms with Crippen LogP contribution < -0.4 is 4.90 Å². The average Bonchev–Trinajstić information content (AvgIpc) is 2.37. The van der Waals surface area contributed by atoms with Gasteiger partial charge in [0, 0.05) is 24.3 Å². The number of hydrogen-bond acceptors (Lipinski definition) is 2. The van der Waals surface area contributed by atoms with E-state index in [9.17, 15) is 4.39 Å². The zero-order valence-electron chi connectivity index (χ0n) is 11.0. The fourth-order valence-electron chi connectivity index (χ4n) is 2.03. The van der Waals surface area contributed by atoms with Crippen LogP contribution in [0.5, 0.6) is 0 Å². The fourth-order valence-corrected chi connectivity index (χ4v) is 2.47. The third-order valence-corrected chi connectivity index (χ3v) is 3.49. The van der Waals surface area contributed by atoms with Crippen molar-refractivity contribution in [3.05, 3.63) is 57.9 Å². The van der Waals surface area contributed by atoms with Crippen LogP contribution >= 0.6 is 15.9 Å². The molecule has 0 atom stereocenters. The summed E-state index contributed by atoms with van der Waals surface area (Å²) in [5, 5.41) is 0. The largest absolute Gasteiger partial charge is 0.359 e. The van der Waals surface area contributed by atoms with Crippen molar-refractivity contribution in [3.8, 4) is 0 Å². The number of halogens is 2. The number of likely N-dealkylation sites (N-methyl/N-ethyl adjacent to an activating group) is 1. The van der Waals surface area contributed by atoms with Crippen LogP contribution in [0.3, 0.4) is 0 Å². The monoisotopic (exact) mass is 322 g/mol. The quantitative estimate of drug-likeness (QED) is 0.846. The van der Waals surface area contributed by atoms with E-state index in [1.54, 1.807) is 12.3 Å². The van der Waals surface area contributed by atoms with Gasteiger partial charge in [0.1, 0.15) is 11.6 Å². The molecule has 0 aliphatic heterocycles. The molecule has 0 amide bonds. The molecule has 0 aliphatic rings. The van der Waals surface area contributed by atoms with Gasteiger partial charge in [-0.2, -0.15) is 0 Å². The molecule has 0 bridgehead atoms. The molecule has 1 heterocycles. The molecule has 2 rings (SSSR count). The number of aryl methyl sites for hydroxylation is 1. The van der Waals surface area contributed by atoms with Crippen molar-refractivity contribution in [3.63, 3.8) is 0 Å². The van der Waals surface area contributed by atoms with Crippen molar-refractivity contribution >= 4 is 21.7 Å². The Morgan fingerprint density at radius 2 is 2.05 bits per heavy atom. The molecule has 4 heteroatoms. The maximum atomic E-state index is 13.5. The van der Waals surface area contributed by atoms with Gasteiger partial charge < -0.3 is 4.90 Å². The summed E-state index contributed by atoms with van der Waals surface area (Å²) in [5.41, 5.74) is 1.84. The number of pyridine rings is 1. The summed E-state index contributed by atoms with van der Waals surface area (Å²) in [5.74, 6) is 0.788. The second-order valence-electron chi connectivity index (χ2n) is 4.56. The highest BCUT2D eigenvalue weighted by Crippen LogP contribution is 2.20. The van der Waals surface area contributed by atoms with E-state index in [0.29, 0.717) is 6.42 Å². The number of anilines is 1. The first-order valence-electron chi connectivity index (χ1n) is 6.14.